The van der Waals surface area contributed by atoms with Crippen LogP contribution in [-0.4, -0.2) is 55.7 Å². The lowest BCUT2D eigenvalue weighted by Gasteiger charge is -2.39. The molecule has 1 aromatic heterocycles. The topological polar surface area (TPSA) is 99.7 Å². The molecule has 2 aliphatic heterocycles. The van der Waals surface area contributed by atoms with Crippen molar-refractivity contribution in [3.63, 3.8) is 0 Å². The summed E-state index contributed by atoms with van der Waals surface area (Å²) in [4.78, 5) is 32.4. The molecule has 8 nitrogen and oxygen atoms in total. The lowest BCUT2D eigenvalue weighted by atomic mass is 9.78. The first-order valence-corrected chi connectivity index (χ1v) is 12.8. The zero-order valence-corrected chi connectivity index (χ0v) is 20.1. The summed E-state index contributed by atoms with van der Waals surface area (Å²) in [5.74, 6) is -0.649. The molecule has 10 heteroatoms. The second-order valence-electron chi connectivity index (χ2n) is 8.54. The van der Waals surface area contributed by atoms with Crippen LogP contribution in [0.5, 0.6) is 0 Å². The Balaban J connectivity index is 1.63. The van der Waals surface area contributed by atoms with Gasteiger partial charge in [0, 0.05) is 41.6 Å². The van der Waals surface area contributed by atoms with Crippen LogP contribution >= 0.6 is 11.6 Å². The van der Waals surface area contributed by atoms with Gasteiger partial charge in [0.1, 0.15) is 0 Å². The van der Waals surface area contributed by atoms with E-state index in [0.29, 0.717) is 35.8 Å². The van der Waals surface area contributed by atoms with E-state index in [1.165, 1.54) is 12.1 Å². The van der Waals surface area contributed by atoms with Gasteiger partial charge in [-0.15, -0.1) is 0 Å². The number of anilines is 1. The predicted molar refractivity (Wildman–Crippen MR) is 129 cm³/mol. The predicted octanol–water partition coefficient (Wildman–Crippen LogP) is 2.70. The molecule has 1 N–H and O–H groups in total. The number of nitrogens with zero attached hydrogens (tertiary/aromatic N) is 3. The van der Waals surface area contributed by atoms with Crippen LogP contribution in [0.25, 0.3) is 10.8 Å². The molecular formula is C24H23ClN4O4S. The van der Waals surface area contributed by atoms with Crippen molar-refractivity contribution in [3.8, 4) is 0 Å². The van der Waals surface area contributed by atoms with Gasteiger partial charge in [0.25, 0.3) is 0 Å². The van der Waals surface area contributed by atoms with Crippen LogP contribution in [0.1, 0.15) is 18.9 Å². The van der Waals surface area contributed by atoms with Crippen LogP contribution in [0.15, 0.2) is 59.8 Å². The molecule has 0 saturated carbocycles. The Hall–Kier alpha value is -3.01. The van der Waals surface area contributed by atoms with E-state index in [-0.39, 0.29) is 23.9 Å². The molecule has 34 heavy (non-hydrogen) atoms. The number of nitrogens with one attached hydrogen (secondary N) is 1. The number of hydrogen-bond acceptors (Lipinski definition) is 5. The first kappa shape index (κ1) is 22.8. The average Bonchev–Trinajstić information content (AvgIpc) is 3.14. The van der Waals surface area contributed by atoms with Gasteiger partial charge >= 0.3 is 0 Å². The van der Waals surface area contributed by atoms with Gasteiger partial charge in [-0.1, -0.05) is 35.9 Å². The fourth-order valence-corrected chi connectivity index (χ4v) is 6.88. The molecule has 2 amide bonds. The number of likely N-dealkylation sites (N-methyl/N-ethyl adjacent to an activating group) is 1. The van der Waals surface area contributed by atoms with Crippen molar-refractivity contribution >= 4 is 49.9 Å². The van der Waals surface area contributed by atoms with Crippen LogP contribution < -0.4 is 10.2 Å². The number of fused-ring (bicyclic) bond motifs is 3. The molecule has 0 bridgehead atoms. The third-order valence-corrected chi connectivity index (χ3v) is 8.65. The molecule has 3 aromatic rings. The second kappa shape index (κ2) is 8.33. The number of carbonyl (C=O) groups excluding carboxylic acids is 2. The summed E-state index contributed by atoms with van der Waals surface area (Å²) in [7, 11) is -3.99. The van der Waals surface area contributed by atoms with Crippen molar-refractivity contribution in [1.82, 2.24) is 14.6 Å². The Morgan fingerprint density at radius 2 is 2.00 bits per heavy atom. The van der Waals surface area contributed by atoms with Crippen molar-refractivity contribution in [2.24, 2.45) is 0 Å². The molecule has 1 saturated heterocycles. The number of hydrogen-bond donors (Lipinski definition) is 1. The van der Waals surface area contributed by atoms with Crippen LogP contribution in [0, 0.1) is 0 Å². The monoisotopic (exact) mass is 498 g/mol. The van der Waals surface area contributed by atoms with Crippen molar-refractivity contribution in [2.75, 3.05) is 31.1 Å². The van der Waals surface area contributed by atoms with Crippen molar-refractivity contribution < 1.29 is 18.0 Å². The van der Waals surface area contributed by atoms with E-state index in [9.17, 15) is 18.0 Å². The van der Waals surface area contributed by atoms with E-state index in [2.05, 4.69) is 10.3 Å². The summed E-state index contributed by atoms with van der Waals surface area (Å²) in [5.41, 5.74) is -0.102. The highest BCUT2D eigenvalue weighted by atomic mass is 35.5. The standard InChI is InChI=1S/C24H23ClN4O4S/c1-2-27-22(30)14-28-15-24(19-11-17(25)7-8-21(19)34(28,32)33)9-10-29(23(24)31)20-13-26-12-16-5-3-4-6-18(16)20/h3-8,11-13H,2,9-10,14-15H2,1H3,(H,27,30). The van der Waals surface area contributed by atoms with Gasteiger partial charge < -0.3 is 10.2 Å². The second-order valence-corrected chi connectivity index (χ2v) is 10.9. The van der Waals surface area contributed by atoms with E-state index in [1.807, 2.05) is 24.3 Å². The Bertz CT molecular complexity index is 1420. The van der Waals surface area contributed by atoms with Crippen LogP contribution in [0.4, 0.5) is 5.69 Å². The van der Waals surface area contributed by atoms with Crippen LogP contribution in [0.2, 0.25) is 5.02 Å². The van der Waals surface area contributed by atoms with Gasteiger partial charge in [0.05, 0.1) is 28.7 Å². The molecule has 3 heterocycles. The first-order chi connectivity index (χ1) is 16.3. The molecule has 176 valence electrons. The molecule has 2 aliphatic rings. The van der Waals surface area contributed by atoms with Gasteiger partial charge in [0.15, 0.2) is 0 Å². The number of sulfonamides is 1. The summed E-state index contributed by atoms with van der Waals surface area (Å²) in [6.45, 7) is 2.04. The number of aromatic nitrogens is 1. The van der Waals surface area contributed by atoms with E-state index < -0.39 is 21.3 Å². The number of carbonyl (C=O) groups is 2. The largest absolute Gasteiger partial charge is 0.355 e. The molecule has 2 aromatic carbocycles. The fraction of sp³-hybridized carbons (Fsp3) is 0.292. The van der Waals surface area contributed by atoms with Crippen LogP contribution in [0.3, 0.4) is 0 Å². The Morgan fingerprint density at radius 3 is 2.79 bits per heavy atom. The summed E-state index contributed by atoms with van der Waals surface area (Å²) < 4.78 is 27.9. The molecule has 1 fully saturated rings. The molecule has 1 atom stereocenters. The highest BCUT2D eigenvalue weighted by Gasteiger charge is 2.56. The fourth-order valence-electron chi connectivity index (χ4n) is 4.98. The number of amides is 2. The number of halogens is 1. The molecule has 1 spiro atoms. The number of pyridine rings is 1. The molecule has 5 rings (SSSR count). The highest BCUT2D eigenvalue weighted by molar-refractivity contribution is 7.89. The summed E-state index contributed by atoms with van der Waals surface area (Å²) >= 11 is 6.27. The Labute approximate surface area is 202 Å². The lowest BCUT2D eigenvalue weighted by molar-refractivity contribution is -0.124. The van der Waals surface area contributed by atoms with E-state index in [0.717, 1.165) is 15.1 Å². The highest BCUT2D eigenvalue weighted by Crippen LogP contribution is 2.47. The lowest BCUT2D eigenvalue weighted by Crippen LogP contribution is -2.55. The third-order valence-electron chi connectivity index (χ3n) is 6.57. The van der Waals surface area contributed by atoms with Crippen molar-refractivity contribution in [2.45, 2.75) is 23.7 Å². The normalized spacial score (nSPS) is 21.7. The maximum atomic E-state index is 14.1. The zero-order chi connectivity index (χ0) is 24.1. The van der Waals surface area contributed by atoms with Gasteiger partial charge in [-0.05, 0) is 37.1 Å². The van der Waals surface area contributed by atoms with E-state index >= 15 is 0 Å². The Kier molecular flexibility index (Phi) is 5.58. The average molecular weight is 499 g/mol. The van der Waals surface area contributed by atoms with Crippen molar-refractivity contribution in [3.05, 3.63) is 65.4 Å². The summed E-state index contributed by atoms with van der Waals surface area (Å²) in [6.07, 6.45) is 3.78. The summed E-state index contributed by atoms with van der Waals surface area (Å²) in [6, 6.07) is 12.2. The zero-order valence-electron chi connectivity index (χ0n) is 18.5. The molecule has 0 aliphatic carbocycles. The molecular weight excluding hydrogens is 476 g/mol. The van der Waals surface area contributed by atoms with Gasteiger partial charge in [0.2, 0.25) is 21.8 Å². The Morgan fingerprint density at radius 1 is 1.21 bits per heavy atom. The van der Waals surface area contributed by atoms with Crippen LogP contribution in [-0.2, 0) is 25.0 Å². The van der Waals surface area contributed by atoms with Gasteiger partial charge in [-0.2, -0.15) is 4.31 Å². The van der Waals surface area contributed by atoms with E-state index in [1.54, 1.807) is 30.3 Å². The van der Waals surface area contributed by atoms with Gasteiger partial charge in [-0.25, -0.2) is 8.42 Å². The van der Waals surface area contributed by atoms with Crippen molar-refractivity contribution in [1.29, 1.82) is 0 Å². The maximum absolute atomic E-state index is 14.1. The third kappa shape index (κ3) is 3.46. The summed E-state index contributed by atoms with van der Waals surface area (Å²) in [5, 5.41) is 4.78. The molecule has 0 radical (unpaired) electrons. The van der Waals surface area contributed by atoms with E-state index in [4.69, 9.17) is 11.6 Å². The SMILES string of the molecule is CCNC(=O)CN1CC2(CCN(c3cncc4ccccc34)C2=O)c2cc(Cl)ccc2S1(=O)=O. The van der Waals surface area contributed by atoms with Gasteiger partial charge in [-0.3, -0.25) is 14.6 Å². The quantitative estimate of drug-likeness (QED) is 0.596. The number of rotatable bonds is 4. The smallest absolute Gasteiger partial charge is 0.243 e. The first-order valence-electron chi connectivity index (χ1n) is 11.0. The maximum Gasteiger partial charge on any atom is 0.243 e. The minimum absolute atomic E-state index is 0.0127. The minimum Gasteiger partial charge on any atom is -0.355 e. The molecule has 1 unspecified atom stereocenters. The number of benzene rings is 2. The minimum atomic E-state index is -3.99.